The van der Waals surface area contributed by atoms with E-state index in [-0.39, 0.29) is 12.3 Å². The monoisotopic (exact) mass is 391 g/mol. The van der Waals surface area contributed by atoms with E-state index in [1.807, 2.05) is 0 Å². The molecule has 1 N–H and O–H groups in total. The van der Waals surface area contributed by atoms with E-state index in [4.69, 9.17) is 9.47 Å². The molecule has 0 aromatic carbocycles. The van der Waals surface area contributed by atoms with Crippen LogP contribution in [0, 0.1) is 0 Å². The zero-order chi connectivity index (χ0) is 19.4. The van der Waals surface area contributed by atoms with Crippen LogP contribution in [0.1, 0.15) is 51.1 Å². The van der Waals surface area contributed by atoms with Crippen molar-refractivity contribution in [3.8, 4) is 0 Å². The number of aromatic nitrogens is 2. The van der Waals surface area contributed by atoms with Crippen LogP contribution in [0.2, 0.25) is 0 Å². The summed E-state index contributed by atoms with van der Waals surface area (Å²) in [6, 6.07) is 1.51. The number of thiophene rings is 1. The quantitative estimate of drug-likeness (QED) is 0.759. The molecule has 9 heteroatoms. The Morgan fingerprint density at radius 2 is 2.00 bits per heavy atom. The van der Waals surface area contributed by atoms with Gasteiger partial charge in [-0.25, -0.2) is 9.59 Å². The van der Waals surface area contributed by atoms with Crippen LogP contribution in [-0.2, 0) is 34.2 Å². The normalized spacial score (nSPS) is 13.0. The summed E-state index contributed by atoms with van der Waals surface area (Å²) in [5, 5.41) is 7.08. The molecule has 0 saturated heterocycles. The number of aryl methyl sites for hydroxylation is 2. The number of carbonyl (C=O) groups is 3. The molecule has 0 radical (unpaired) electrons. The largest absolute Gasteiger partial charge is 0.462 e. The number of anilines is 1. The van der Waals surface area contributed by atoms with Crippen molar-refractivity contribution in [3.05, 3.63) is 34.0 Å². The zero-order valence-electron chi connectivity index (χ0n) is 15.2. The van der Waals surface area contributed by atoms with Crippen LogP contribution in [0.15, 0.2) is 12.3 Å². The minimum absolute atomic E-state index is 0.129. The molecule has 0 bridgehead atoms. The van der Waals surface area contributed by atoms with Gasteiger partial charge in [0.15, 0.2) is 12.3 Å². The van der Waals surface area contributed by atoms with Crippen molar-refractivity contribution in [2.24, 2.45) is 7.05 Å². The van der Waals surface area contributed by atoms with Gasteiger partial charge < -0.3 is 14.8 Å². The number of esters is 2. The SMILES string of the molecule is CCOC(=O)c1c(NC(=O)COC(=O)c2ccn(C)n2)sc2c1CCCC2. The highest BCUT2D eigenvalue weighted by Crippen LogP contribution is 2.38. The number of ether oxygens (including phenoxy) is 2. The Kier molecular flexibility index (Phi) is 5.90. The molecule has 0 atom stereocenters. The molecule has 1 aliphatic rings. The predicted molar refractivity (Wildman–Crippen MR) is 99.0 cm³/mol. The minimum atomic E-state index is -0.679. The fraction of sp³-hybridized carbons (Fsp3) is 0.444. The number of nitrogens with zero attached hydrogens (tertiary/aromatic N) is 2. The van der Waals surface area contributed by atoms with Crippen molar-refractivity contribution in [1.82, 2.24) is 9.78 Å². The van der Waals surface area contributed by atoms with Crippen LogP contribution in [0.4, 0.5) is 5.00 Å². The maximum atomic E-state index is 12.4. The molecule has 8 nitrogen and oxygen atoms in total. The van der Waals surface area contributed by atoms with Crippen LogP contribution in [0.5, 0.6) is 0 Å². The van der Waals surface area contributed by atoms with Crippen molar-refractivity contribution in [2.75, 3.05) is 18.5 Å². The van der Waals surface area contributed by atoms with E-state index in [9.17, 15) is 14.4 Å². The maximum Gasteiger partial charge on any atom is 0.359 e. The van der Waals surface area contributed by atoms with Crippen LogP contribution in [0.3, 0.4) is 0 Å². The van der Waals surface area contributed by atoms with E-state index in [0.29, 0.717) is 10.6 Å². The molecular formula is C18H21N3O5S. The highest BCUT2D eigenvalue weighted by atomic mass is 32.1. The molecule has 2 aromatic heterocycles. The van der Waals surface area contributed by atoms with E-state index in [0.717, 1.165) is 36.1 Å². The highest BCUT2D eigenvalue weighted by Gasteiger charge is 2.27. The second-order valence-corrected chi connectivity index (χ2v) is 7.24. The van der Waals surface area contributed by atoms with Crippen LogP contribution in [0.25, 0.3) is 0 Å². The molecule has 1 amide bonds. The van der Waals surface area contributed by atoms with Crippen molar-refractivity contribution >= 4 is 34.2 Å². The molecule has 0 spiro atoms. The van der Waals surface area contributed by atoms with Gasteiger partial charge in [-0.15, -0.1) is 11.3 Å². The van der Waals surface area contributed by atoms with Gasteiger partial charge in [-0.1, -0.05) is 0 Å². The van der Waals surface area contributed by atoms with E-state index in [2.05, 4.69) is 10.4 Å². The fourth-order valence-electron chi connectivity index (χ4n) is 2.96. The van der Waals surface area contributed by atoms with Gasteiger partial charge in [0.2, 0.25) is 0 Å². The van der Waals surface area contributed by atoms with Crippen molar-refractivity contribution in [3.63, 3.8) is 0 Å². The standard InChI is InChI=1S/C18H21N3O5S/c1-3-25-18(24)15-11-6-4-5-7-13(11)27-16(15)19-14(22)10-26-17(23)12-8-9-21(2)20-12/h8-9H,3-7,10H2,1-2H3,(H,19,22). The Hall–Kier alpha value is -2.68. The topological polar surface area (TPSA) is 99.5 Å². The summed E-state index contributed by atoms with van der Waals surface area (Å²) in [4.78, 5) is 37.6. The second-order valence-electron chi connectivity index (χ2n) is 6.13. The van der Waals surface area contributed by atoms with Gasteiger partial charge in [-0.3, -0.25) is 9.48 Å². The van der Waals surface area contributed by atoms with Crippen LogP contribution < -0.4 is 5.32 Å². The minimum Gasteiger partial charge on any atom is -0.462 e. The third kappa shape index (κ3) is 4.36. The van der Waals surface area contributed by atoms with Gasteiger partial charge in [-0.2, -0.15) is 5.10 Å². The van der Waals surface area contributed by atoms with Gasteiger partial charge >= 0.3 is 11.9 Å². The predicted octanol–water partition coefficient (Wildman–Crippen LogP) is 2.33. The summed E-state index contributed by atoms with van der Waals surface area (Å²) in [5.41, 5.74) is 1.52. The van der Waals surface area contributed by atoms with E-state index >= 15 is 0 Å². The fourth-order valence-corrected chi connectivity index (χ4v) is 4.26. The summed E-state index contributed by atoms with van der Waals surface area (Å²) < 4.78 is 11.6. The number of rotatable bonds is 6. The molecule has 144 valence electrons. The summed E-state index contributed by atoms with van der Waals surface area (Å²) in [5.74, 6) is -1.62. The summed E-state index contributed by atoms with van der Waals surface area (Å²) in [6.45, 7) is 1.55. The third-order valence-corrected chi connectivity index (χ3v) is 5.37. The Labute approximate surface area is 160 Å². The first-order valence-corrected chi connectivity index (χ1v) is 9.59. The molecule has 27 heavy (non-hydrogen) atoms. The third-order valence-electron chi connectivity index (χ3n) is 4.16. The number of fused-ring (bicyclic) bond motifs is 1. The lowest BCUT2D eigenvalue weighted by Crippen LogP contribution is -2.22. The Balaban J connectivity index is 1.69. The molecule has 3 rings (SSSR count). The summed E-state index contributed by atoms with van der Waals surface area (Å²) in [6.07, 6.45) is 5.36. The lowest BCUT2D eigenvalue weighted by molar-refractivity contribution is -0.119. The molecule has 2 aromatic rings. The molecule has 2 heterocycles. The highest BCUT2D eigenvalue weighted by molar-refractivity contribution is 7.17. The van der Waals surface area contributed by atoms with Gasteiger partial charge in [0.05, 0.1) is 12.2 Å². The van der Waals surface area contributed by atoms with Gasteiger partial charge in [0, 0.05) is 18.1 Å². The average molecular weight is 391 g/mol. The number of nitrogens with one attached hydrogen (secondary N) is 1. The molecule has 1 aliphatic carbocycles. The number of carbonyl (C=O) groups excluding carboxylic acids is 3. The number of amides is 1. The van der Waals surface area contributed by atoms with Gasteiger partial charge in [0.25, 0.3) is 5.91 Å². The van der Waals surface area contributed by atoms with E-state index in [1.54, 1.807) is 20.2 Å². The maximum absolute atomic E-state index is 12.4. The first-order chi connectivity index (χ1) is 13.0. The van der Waals surface area contributed by atoms with Gasteiger partial charge in [0.1, 0.15) is 5.00 Å². The number of hydrogen-bond donors (Lipinski definition) is 1. The van der Waals surface area contributed by atoms with Crippen molar-refractivity contribution in [2.45, 2.75) is 32.6 Å². The lowest BCUT2D eigenvalue weighted by atomic mass is 9.95. The summed E-state index contributed by atoms with van der Waals surface area (Å²) in [7, 11) is 1.68. The second kappa shape index (κ2) is 8.34. The zero-order valence-corrected chi connectivity index (χ0v) is 16.1. The smallest absolute Gasteiger partial charge is 0.359 e. The van der Waals surface area contributed by atoms with Crippen LogP contribution in [-0.4, -0.2) is 40.8 Å². The molecule has 0 saturated carbocycles. The first kappa shape index (κ1) is 19.1. The Morgan fingerprint density at radius 3 is 2.70 bits per heavy atom. The van der Waals surface area contributed by atoms with E-state index < -0.39 is 24.5 Å². The van der Waals surface area contributed by atoms with Crippen LogP contribution >= 0.6 is 11.3 Å². The lowest BCUT2D eigenvalue weighted by Gasteiger charge is -2.12. The van der Waals surface area contributed by atoms with E-state index in [1.165, 1.54) is 22.1 Å². The first-order valence-electron chi connectivity index (χ1n) is 8.78. The molecular weight excluding hydrogens is 370 g/mol. The van der Waals surface area contributed by atoms with Crippen molar-refractivity contribution in [1.29, 1.82) is 0 Å². The average Bonchev–Trinajstić information content (AvgIpc) is 3.23. The van der Waals surface area contributed by atoms with Crippen molar-refractivity contribution < 1.29 is 23.9 Å². The molecule has 0 unspecified atom stereocenters. The Bertz CT molecular complexity index is 870. The number of hydrogen-bond acceptors (Lipinski definition) is 7. The summed E-state index contributed by atoms with van der Waals surface area (Å²) >= 11 is 1.39. The Morgan fingerprint density at radius 1 is 1.22 bits per heavy atom. The molecule has 0 fully saturated rings. The molecule has 0 aliphatic heterocycles. The van der Waals surface area contributed by atoms with Gasteiger partial charge in [-0.05, 0) is 44.2 Å².